The topological polar surface area (TPSA) is 44.3 Å². The van der Waals surface area contributed by atoms with Crippen LogP contribution in [0, 0.1) is 0 Å². The largest absolute Gasteiger partial charge is 0.395 e. The van der Waals surface area contributed by atoms with Crippen molar-refractivity contribution in [3.63, 3.8) is 0 Å². The van der Waals surface area contributed by atoms with Crippen molar-refractivity contribution in [2.24, 2.45) is 0 Å². The maximum atomic E-state index is 9.22. The summed E-state index contributed by atoms with van der Waals surface area (Å²) in [5.41, 5.74) is 2.79. The molecule has 1 aromatic carbocycles. The molecule has 1 fully saturated rings. The van der Waals surface area contributed by atoms with Gasteiger partial charge in [-0.2, -0.15) is 0 Å². The van der Waals surface area contributed by atoms with Gasteiger partial charge in [-0.1, -0.05) is 15.9 Å². The number of benzene rings is 1. The Morgan fingerprint density at radius 1 is 1.44 bits per heavy atom. The molecule has 0 amide bonds. The molecule has 16 heavy (non-hydrogen) atoms. The molecular formula is C12H15BrN2O. The number of aliphatic hydroxyl groups excluding tert-OH is 1. The number of anilines is 1. The van der Waals surface area contributed by atoms with Crippen LogP contribution in [0.3, 0.4) is 0 Å². The summed E-state index contributed by atoms with van der Waals surface area (Å²) >= 11 is 3.53. The lowest BCUT2D eigenvalue weighted by Gasteiger charge is -2.22. The molecule has 86 valence electrons. The highest BCUT2D eigenvalue weighted by Gasteiger charge is 2.44. The molecule has 1 saturated heterocycles. The summed E-state index contributed by atoms with van der Waals surface area (Å²) < 4.78 is 1.13. The average molecular weight is 283 g/mol. The monoisotopic (exact) mass is 282 g/mol. The second-order valence-corrected chi connectivity index (χ2v) is 5.70. The Labute approximate surface area is 103 Å². The van der Waals surface area contributed by atoms with E-state index in [9.17, 15) is 5.11 Å². The molecule has 3 N–H and O–H groups in total. The minimum atomic E-state index is 0.173. The van der Waals surface area contributed by atoms with E-state index in [1.807, 2.05) is 0 Å². The molecule has 0 unspecified atom stereocenters. The van der Waals surface area contributed by atoms with Gasteiger partial charge in [0.15, 0.2) is 0 Å². The molecule has 2 atom stereocenters. The highest BCUT2D eigenvalue weighted by atomic mass is 79.9. The molecule has 0 saturated carbocycles. The summed E-state index contributed by atoms with van der Waals surface area (Å²) in [6, 6.07) is 6.64. The van der Waals surface area contributed by atoms with Gasteiger partial charge in [-0.3, -0.25) is 0 Å². The summed E-state index contributed by atoms with van der Waals surface area (Å²) in [5.74, 6) is 0. The van der Waals surface area contributed by atoms with Gasteiger partial charge in [0, 0.05) is 34.7 Å². The van der Waals surface area contributed by atoms with Crippen LogP contribution in [0.5, 0.6) is 0 Å². The van der Waals surface area contributed by atoms with Gasteiger partial charge in [0.05, 0.1) is 6.61 Å². The SMILES string of the molecule is OC[C@@H]1C[C@]2(CNc3ccc(Br)cc32)CN1. The van der Waals surface area contributed by atoms with Crippen LogP contribution in [0.4, 0.5) is 5.69 Å². The summed E-state index contributed by atoms with van der Waals surface area (Å²) in [7, 11) is 0. The summed E-state index contributed by atoms with van der Waals surface area (Å²) in [4.78, 5) is 0. The van der Waals surface area contributed by atoms with Gasteiger partial charge >= 0.3 is 0 Å². The van der Waals surface area contributed by atoms with Crippen molar-refractivity contribution in [2.45, 2.75) is 17.9 Å². The van der Waals surface area contributed by atoms with Crippen molar-refractivity contribution >= 4 is 21.6 Å². The first-order chi connectivity index (χ1) is 7.73. The zero-order valence-electron chi connectivity index (χ0n) is 8.96. The third-order valence-electron chi connectivity index (χ3n) is 3.76. The van der Waals surface area contributed by atoms with Crippen molar-refractivity contribution in [3.8, 4) is 0 Å². The molecule has 0 bridgehead atoms. The molecule has 0 aliphatic carbocycles. The Bertz CT molecular complexity index is 423. The van der Waals surface area contributed by atoms with Crippen LogP contribution in [0.2, 0.25) is 0 Å². The Hall–Kier alpha value is -0.580. The molecule has 1 spiro atoms. The number of rotatable bonds is 1. The number of hydrogen-bond acceptors (Lipinski definition) is 3. The van der Waals surface area contributed by atoms with Gasteiger partial charge < -0.3 is 15.7 Å². The van der Waals surface area contributed by atoms with Crippen molar-refractivity contribution < 1.29 is 5.11 Å². The van der Waals surface area contributed by atoms with E-state index in [1.165, 1.54) is 11.3 Å². The van der Waals surface area contributed by atoms with Crippen LogP contribution in [0.25, 0.3) is 0 Å². The molecule has 3 rings (SSSR count). The second-order valence-electron chi connectivity index (χ2n) is 4.79. The van der Waals surface area contributed by atoms with Crippen molar-refractivity contribution in [3.05, 3.63) is 28.2 Å². The van der Waals surface area contributed by atoms with Gasteiger partial charge in [-0.25, -0.2) is 0 Å². The summed E-state index contributed by atoms with van der Waals surface area (Å²) in [6.45, 7) is 2.15. The van der Waals surface area contributed by atoms with Crippen LogP contribution in [-0.2, 0) is 5.41 Å². The minimum Gasteiger partial charge on any atom is -0.395 e. The molecular weight excluding hydrogens is 268 g/mol. The summed E-state index contributed by atoms with van der Waals surface area (Å²) in [6.07, 6.45) is 1.01. The fourth-order valence-electron chi connectivity index (χ4n) is 2.89. The standard InChI is InChI=1S/C12H15BrN2O/c13-8-1-2-11-10(3-8)12(7-15-11)4-9(5-16)14-6-12/h1-3,9,14-16H,4-7H2/t9-,12+/m0/s1. The Balaban J connectivity index is 1.99. The van der Waals surface area contributed by atoms with E-state index in [0.29, 0.717) is 0 Å². The predicted molar refractivity (Wildman–Crippen MR) is 67.8 cm³/mol. The number of aliphatic hydroxyl groups is 1. The Morgan fingerprint density at radius 3 is 3.06 bits per heavy atom. The van der Waals surface area contributed by atoms with Gasteiger partial charge in [0.2, 0.25) is 0 Å². The Kier molecular flexibility index (Phi) is 2.46. The van der Waals surface area contributed by atoms with Crippen LogP contribution < -0.4 is 10.6 Å². The summed E-state index contributed by atoms with van der Waals surface area (Å²) in [5, 5.41) is 16.1. The predicted octanol–water partition coefficient (Wildman–Crippen LogP) is 1.47. The van der Waals surface area contributed by atoms with E-state index < -0.39 is 0 Å². The lowest BCUT2D eigenvalue weighted by molar-refractivity contribution is 0.251. The van der Waals surface area contributed by atoms with Crippen molar-refractivity contribution in [2.75, 3.05) is 25.0 Å². The fraction of sp³-hybridized carbons (Fsp3) is 0.500. The van der Waals surface area contributed by atoms with E-state index in [4.69, 9.17) is 0 Å². The number of fused-ring (bicyclic) bond motifs is 2. The molecule has 3 nitrogen and oxygen atoms in total. The fourth-order valence-corrected chi connectivity index (χ4v) is 3.25. The van der Waals surface area contributed by atoms with Gasteiger partial charge in [-0.15, -0.1) is 0 Å². The number of hydrogen-bond donors (Lipinski definition) is 3. The first kappa shape index (κ1) is 10.6. The quantitative estimate of drug-likeness (QED) is 0.731. The lowest BCUT2D eigenvalue weighted by Crippen LogP contribution is -2.30. The highest BCUT2D eigenvalue weighted by molar-refractivity contribution is 9.10. The van der Waals surface area contributed by atoms with Crippen molar-refractivity contribution in [1.82, 2.24) is 5.32 Å². The second kappa shape index (κ2) is 3.72. The Morgan fingerprint density at radius 2 is 2.31 bits per heavy atom. The maximum Gasteiger partial charge on any atom is 0.0584 e. The first-order valence-electron chi connectivity index (χ1n) is 5.62. The lowest BCUT2D eigenvalue weighted by atomic mass is 9.80. The van der Waals surface area contributed by atoms with E-state index in [2.05, 4.69) is 44.8 Å². The number of nitrogens with one attached hydrogen (secondary N) is 2. The molecule has 2 aliphatic rings. The molecule has 2 aliphatic heterocycles. The van der Waals surface area contributed by atoms with Gasteiger partial charge in [-0.05, 0) is 30.2 Å². The molecule has 0 radical (unpaired) electrons. The minimum absolute atomic E-state index is 0.173. The highest BCUT2D eigenvalue weighted by Crippen LogP contribution is 2.43. The van der Waals surface area contributed by atoms with E-state index in [0.717, 1.165) is 24.0 Å². The van der Waals surface area contributed by atoms with Crippen LogP contribution in [-0.4, -0.2) is 30.8 Å². The van der Waals surface area contributed by atoms with Crippen LogP contribution in [0.15, 0.2) is 22.7 Å². The third-order valence-corrected chi connectivity index (χ3v) is 4.25. The van der Waals surface area contributed by atoms with Crippen LogP contribution in [0.1, 0.15) is 12.0 Å². The van der Waals surface area contributed by atoms with E-state index in [1.54, 1.807) is 0 Å². The van der Waals surface area contributed by atoms with Crippen molar-refractivity contribution in [1.29, 1.82) is 0 Å². The third kappa shape index (κ3) is 1.48. The zero-order chi connectivity index (χ0) is 11.2. The molecule has 0 aromatic heterocycles. The molecule has 4 heteroatoms. The number of halogens is 1. The van der Waals surface area contributed by atoms with Gasteiger partial charge in [0.1, 0.15) is 0 Å². The van der Waals surface area contributed by atoms with Gasteiger partial charge in [0.25, 0.3) is 0 Å². The van der Waals surface area contributed by atoms with Crippen LogP contribution >= 0.6 is 15.9 Å². The first-order valence-corrected chi connectivity index (χ1v) is 6.41. The maximum absolute atomic E-state index is 9.22. The van der Waals surface area contributed by atoms with E-state index >= 15 is 0 Å². The molecule has 2 heterocycles. The molecule has 1 aromatic rings. The van der Waals surface area contributed by atoms with E-state index in [-0.39, 0.29) is 18.1 Å². The normalized spacial score (nSPS) is 31.8. The smallest absolute Gasteiger partial charge is 0.0584 e. The zero-order valence-corrected chi connectivity index (χ0v) is 10.5. The average Bonchev–Trinajstić information content (AvgIpc) is 2.86.